The second-order valence-corrected chi connectivity index (χ2v) is 7.26. The largest absolute Gasteiger partial charge is 0.352 e. The molecular weight excluding hydrogens is 322 g/mol. The number of aromatic nitrogens is 4. The molecule has 24 heavy (non-hydrogen) atoms. The van der Waals surface area contributed by atoms with Crippen molar-refractivity contribution in [3.63, 3.8) is 0 Å². The highest BCUT2D eigenvalue weighted by atomic mass is 32.2. The molecule has 1 heterocycles. The maximum absolute atomic E-state index is 12.1. The van der Waals surface area contributed by atoms with Crippen LogP contribution in [0.2, 0.25) is 0 Å². The molecular formula is C17H23N5OS. The third kappa shape index (κ3) is 4.35. The fraction of sp³-hybridized carbons (Fsp3) is 0.529. The van der Waals surface area contributed by atoms with Gasteiger partial charge < -0.3 is 5.32 Å². The van der Waals surface area contributed by atoms with Crippen molar-refractivity contribution in [3.8, 4) is 5.69 Å². The molecule has 2 atom stereocenters. The molecule has 0 spiro atoms. The van der Waals surface area contributed by atoms with Gasteiger partial charge in [-0.25, -0.2) is 0 Å². The summed E-state index contributed by atoms with van der Waals surface area (Å²) in [6, 6.07) is 10.1. The number of nitrogens with zero attached hydrogens (tertiary/aromatic N) is 4. The first-order chi connectivity index (χ1) is 11.7. The van der Waals surface area contributed by atoms with Gasteiger partial charge in [0, 0.05) is 6.04 Å². The number of tetrazole rings is 1. The highest BCUT2D eigenvalue weighted by molar-refractivity contribution is 7.99. The van der Waals surface area contributed by atoms with Crippen molar-refractivity contribution in [1.29, 1.82) is 0 Å². The van der Waals surface area contributed by atoms with Gasteiger partial charge in [-0.05, 0) is 41.3 Å². The molecule has 0 bridgehead atoms. The molecule has 1 N–H and O–H groups in total. The normalized spacial score (nSPS) is 20.7. The molecule has 1 fully saturated rings. The van der Waals surface area contributed by atoms with Gasteiger partial charge in [0.05, 0.1) is 17.2 Å². The zero-order chi connectivity index (χ0) is 16.8. The van der Waals surface area contributed by atoms with Crippen molar-refractivity contribution in [3.05, 3.63) is 36.2 Å². The van der Waals surface area contributed by atoms with Crippen LogP contribution in [0.5, 0.6) is 0 Å². The van der Waals surface area contributed by atoms with Gasteiger partial charge in [-0.1, -0.05) is 38.0 Å². The fourth-order valence-corrected chi connectivity index (χ4v) is 3.81. The summed E-state index contributed by atoms with van der Waals surface area (Å²) in [5.41, 5.74) is 0.929. The molecule has 1 amide bonds. The van der Waals surface area contributed by atoms with Crippen molar-refractivity contribution < 1.29 is 4.79 Å². The highest BCUT2D eigenvalue weighted by Gasteiger charge is 2.22. The van der Waals surface area contributed by atoms with Gasteiger partial charge in [0.25, 0.3) is 0 Å². The number of amides is 1. The van der Waals surface area contributed by atoms with E-state index in [1.165, 1.54) is 19.3 Å². The first-order valence-electron chi connectivity index (χ1n) is 8.44. The standard InChI is InChI=1S/C17H23N5OS/c1-13-7-5-6-10-15(13)18-17(23)12-24-11-16-19-20-21-22(16)14-8-3-2-4-9-14/h2-4,8-9,13,15H,5-7,10-12H2,1H3,(H,18,23)/t13-,15-/m0/s1. The molecule has 1 aliphatic rings. The van der Waals surface area contributed by atoms with Gasteiger partial charge in [-0.3, -0.25) is 4.79 Å². The van der Waals surface area contributed by atoms with Crippen LogP contribution in [-0.4, -0.2) is 37.9 Å². The fourth-order valence-electron chi connectivity index (χ4n) is 3.08. The predicted molar refractivity (Wildman–Crippen MR) is 94.9 cm³/mol. The van der Waals surface area contributed by atoms with E-state index in [9.17, 15) is 4.79 Å². The summed E-state index contributed by atoms with van der Waals surface area (Å²) in [5, 5.41) is 15.0. The van der Waals surface area contributed by atoms with E-state index in [-0.39, 0.29) is 5.91 Å². The maximum Gasteiger partial charge on any atom is 0.230 e. The van der Waals surface area contributed by atoms with Crippen LogP contribution in [0.3, 0.4) is 0 Å². The van der Waals surface area contributed by atoms with Crippen molar-refractivity contribution >= 4 is 17.7 Å². The SMILES string of the molecule is C[C@H]1CCCC[C@@H]1NC(=O)CSCc1nnnn1-c1ccccc1. The molecule has 3 rings (SSSR count). The average molecular weight is 345 g/mol. The number of thioether (sulfide) groups is 1. The topological polar surface area (TPSA) is 72.7 Å². The van der Waals surface area contributed by atoms with Gasteiger partial charge in [0.2, 0.25) is 5.91 Å². The molecule has 1 aliphatic carbocycles. The van der Waals surface area contributed by atoms with Crippen LogP contribution in [0.25, 0.3) is 5.69 Å². The minimum atomic E-state index is 0.109. The predicted octanol–water partition coefficient (Wildman–Crippen LogP) is 2.59. The summed E-state index contributed by atoms with van der Waals surface area (Å²) >= 11 is 1.54. The van der Waals surface area contributed by atoms with Crippen LogP contribution in [-0.2, 0) is 10.5 Å². The van der Waals surface area contributed by atoms with Crippen LogP contribution in [0.4, 0.5) is 0 Å². The zero-order valence-corrected chi connectivity index (χ0v) is 14.7. The quantitative estimate of drug-likeness (QED) is 0.871. The van der Waals surface area contributed by atoms with E-state index in [4.69, 9.17) is 0 Å². The number of benzene rings is 1. The number of para-hydroxylation sites is 1. The number of hydrogen-bond donors (Lipinski definition) is 1. The van der Waals surface area contributed by atoms with Crippen molar-refractivity contribution in [2.24, 2.45) is 5.92 Å². The summed E-state index contributed by atoms with van der Waals surface area (Å²) in [4.78, 5) is 12.1. The van der Waals surface area contributed by atoms with Crippen LogP contribution < -0.4 is 5.32 Å². The summed E-state index contributed by atoms with van der Waals surface area (Å²) < 4.78 is 1.72. The third-order valence-corrected chi connectivity index (χ3v) is 5.39. The number of rotatable bonds is 6. The molecule has 0 radical (unpaired) electrons. The number of carbonyl (C=O) groups excluding carboxylic acids is 1. The molecule has 1 aromatic carbocycles. The Morgan fingerprint density at radius 2 is 2.08 bits per heavy atom. The summed E-state index contributed by atoms with van der Waals surface area (Å²) in [6.07, 6.45) is 4.81. The Kier molecular flexibility index (Phi) is 5.85. The van der Waals surface area contributed by atoms with Crippen LogP contribution in [0.15, 0.2) is 30.3 Å². The molecule has 2 aromatic rings. The molecule has 7 heteroatoms. The van der Waals surface area contributed by atoms with Gasteiger partial charge >= 0.3 is 0 Å². The smallest absolute Gasteiger partial charge is 0.230 e. The van der Waals surface area contributed by atoms with E-state index < -0.39 is 0 Å². The van der Waals surface area contributed by atoms with Gasteiger partial charge in [-0.15, -0.1) is 16.9 Å². The minimum absolute atomic E-state index is 0.109. The van der Waals surface area contributed by atoms with E-state index >= 15 is 0 Å². The third-order valence-electron chi connectivity index (χ3n) is 4.46. The van der Waals surface area contributed by atoms with E-state index in [0.717, 1.165) is 17.9 Å². The Balaban J connectivity index is 1.48. The summed E-state index contributed by atoms with van der Waals surface area (Å²) in [6.45, 7) is 2.23. The molecule has 0 unspecified atom stereocenters. The lowest BCUT2D eigenvalue weighted by Gasteiger charge is -2.29. The molecule has 1 aromatic heterocycles. The van der Waals surface area contributed by atoms with E-state index in [1.54, 1.807) is 16.4 Å². The monoisotopic (exact) mass is 345 g/mol. The summed E-state index contributed by atoms with van der Waals surface area (Å²) in [5.74, 6) is 2.49. The van der Waals surface area contributed by atoms with Gasteiger partial charge in [0.15, 0.2) is 5.82 Å². The average Bonchev–Trinajstić information content (AvgIpc) is 3.06. The lowest BCUT2D eigenvalue weighted by Crippen LogP contribution is -2.41. The Bertz CT molecular complexity index is 660. The van der Waals surface area contributed by atoms with Gasteiger partial charge in [-0.2, -0.15) is 4.68 Å². The Morgan fingerprint density at radius 3 is 2.88 bits per heavy atom. The molecule has 0 aliphatic heterocycles. The molecule has 1 saturated carbocycles. The Hall–Kier alpha value is -1.89. The lowest BCUT2D eigenvalue weighted by atomic mass is 9.86. The summed E-state index contributed by atoms with van der Waals surface area (Å²) in [7, 11) is 0. The minimum Gasteiger partial charge on any atom is -0.352 e. The first kappa shape index (κ1) is 17.0. The van der Waals surface area contributed by atoms with Crippen LogP contribution in [0.1, 0.15) is 38.4 Å². The zero-order valence-electron chi connectivity index (χ0n) is 13.9. The van der Waals surface area contributed by atoms with Crippen molar-refractivity contribution in [1.82, 2.24) is 25.5 Å². The van der Waals surface area contributed by atoms with Crippen molar-refractivity contribution in [2.45, 2.75) is 44.4 Å². The molecule has 6 nitrogen and oxygen atoms in total. The van der Waals surface area contributed by atoms with Crippen LogP contribution in [0, 0.1) is 5.92 Å². The number of hydrogen-bond acceptors (Lipinski definition) is 5. The first-order valence-corrected chi connectivity index (χ1v) is 9.59. The maximum atomic E-state index is 12.1. The van der Waals surface area contributed by atoms with E-state index in [1.807, 2.05) is 30.3 Å². The van der Waals surface area contributed by atoms with Gasteiger partial charge in [0.1, 0.15) is 0 Å². The van der Waals surface area contributed by atoms with E-state index in [0.29, 0.717) is 23.5 Å². The number of nitrogens with one attached hydrogen (secondary N) is 1. The van der Waals surface area contributed by atoms with E-state index in [2.05, 4.69) is 27.8 Å². The lowest BCUT2D eigenvalue weighted by molar-refractivity contribution is -0.119. The van der Waals surface area contributed by atoms with Crippen molar-refractivity contribution in [2.75, 3.05) is 5.75 Å². The molecule has 0 saturated heterocycles. The Labute approximate surface area is 146 Å². The highest BCUT2D eigenvalue weighted by Crippen LogP contribution is 2.23. The number of carbonyl (C=O) groups is 1. The second kappa shape index (κ2) is 8.28. The second-order valence-electron chi connectivity index (χ2n) is 6.27. The van der Waals surface area contributed by atoms with Crippen LogP contribution >= 0.6 is 11.8 Å². The Morgan fingerprint density at radius 1 is 1.29 bits per heavy atom. The molecule has 128 valence electrons.